The first kappa shape index (κ1) is 76.9. The fourth-order valence-electron chi connectivity index (χ4n) is 10.2. The van der Waals surface area contributed by atoms with Gasteiger partial charge in [0.2, 0.25) is 0 Å². The molecule has 0 aromatic heterocycles. The first-order valence-corrected chi connectivity index (χ1v) is 34.9. The monoisotopic (exact) mass is 1120 g/mol. The molecule has 0 amide bonds. The van der Waals surface area contributed by atoms with Crippen LogP contribution in [0, 0.1) is 0 Å². The predicted octanol–water partition coefficient (Wildman–Crippen LogP) is 24.1. The van der Waals surface area contributed by atoms with E-state index in [2.05, 4.69) is 93.7 Å². The molecule has 6 heteroatoms. The fraction of sp³-hybridized carbons (Fsp3) is 0.797. The van der Waals surface area contributed by atoms with Gasteiger partial charge in [0.25, 0.3) is 0 Å². The highest BCUT2D eigenvalue weighted by atomic mass is 16.6. The van der Waals surface area contributed by atoms with Crippen molar-refractivity contribution in [3.8, 4) is 0 Å². The summed E-state index contributed by atoms with van der Waals surface area (Å²) in [7, 11) is 0. The van der Waals surface area contributed by atoms with Crippen LogP contribution in [0.4, 0.5) is 0 Å². The Bertz CT molecular complexity index is 1470. The third-order valence-electron chi connectivity index (χ3n) is 15.4. The van der Waals surface area contributed by atoms with E-state index < -0.39 is 6.10 Å². The molecule has 80 heavy (non-hydrogen) atoms. The zero-order valence-corrected chi connectivity index (χ0v) is 53.3. The van der Waals surface area contributed by atoms with Crippen molar-refractivity contribution in [1.82, 2.24) is 0 Å². The summed E-state index contributed by atoms with van der Waals surface area (Å²) in [6, 6.07) is 0. The number of carbonyl (C=O) groups excluding carboxylic acids is 3. The Labute approximate surface area is 497 Å². The number of hydrogen-bond donors (Lipinski definition) is 0. The SMILES string of the molecule is CCCCCCC/C=C\C/C=C\C/C=C\CCCCCCCCCCCCCCCCC(=O)OCC(COC(=O)CCCCCCCCCCCCCC)OC(=O)CCCCCCCC/C=C\C/C=C\C/C=C\CCCCCCC. The average molecular weight is 1120 g/mol. The average Bonchev–Trinajstić information content (AvgIpc) is 3.46. The lowest BCUT2D eigenvalue weighted by molar-refractivity contribution is -0.167. The van der Waals surface area contributed by atoms with E-state index in [9.17, 15) is 14.4 Å². The Morgan fingerprint density at radius 2 is 0.450 bits per heavy atom. The van der Waals surface area contributed by atoms with E-state index in [1.165, 1.54) is 225 Å². The Hall–Kier alpha value is -3.15. The van der Waals surface area contributed by atoms with Gasteiger partial charge in [-0.15, -0.1) is 0 Å². The minimum Gasteiger partial charge on any atom is -0.462 e. The van der Waals surface area contributed by atoms with Gasteiger partial charge in [0, 0.05) is 19.3 Å². The lowest BCUT2D eigenvalue weighted by Gasteiger charge is -2.18. The van der Waals surface area contributed by atoms with Crippen molar-refractivity contribution in [2.75, 3.05) is 13.2 Å². The van der Waals surface area contributed by atoms with Crippen molar-refractivity contribution < 1.29 is 28.6 Å². The number of rotatable bonds is 64. The van der Waals surface area contributed by atoms with E-state index in [-0.39, 0.29) is 31.1 Å². The maximum Gasteiger partial charge on any atom is 0.306 e. The summed E-state index contributed by atoms with van der Waals surface area (Å²) in [5.74, 6) is -0.872. The topological polar surface area (TPSA) is 78.9 Å². The second kappa shape index (κ2) is 68.3. The molecule has 0 saturated heterocycles. The van der Waals surface area contributed by atoms with Crippen molar-refractivity contribution >= 4 is 17.9 Å². The number of ether oxygens (including phenoxy) is 3. The molecule has 464 valence electrons. The van der Waals surface area contributed by atoms with Crippen molar-refractivity contribution in [1.29, 1.82) is 0 Å². The Morgan fingerprint density at radius 3 is 0.700 bits per heavy atom. The second-order valence-electron chi connectivity index (χ2n) is 23.4. The molecule has 0 aliphatic heterocycles. The van der Waals surface area contributed by atoms with E-state index in [1.54, 1.807) is 0 Å². The molecule has 0 radical (unpaired) electrons. The van der Waals surface area contributed by atoms with Gasteiger partial charge in [0.15, 0.2) is 6.10 Å². The first-order chi connectivity index (χ1) is 39.5. The zero-order valence-electron chi connectivity index (χ0n) is 53.3. The van der Waals surface area contributed by atoms with Crippen LogP contribution in [-0.4, -0.2) is 37.2 Å². The summed E-state index contributed by atoms with van der Waals surface area (Å²) in [6.07, 6.45) is 89.2. The third kappa shape index (κ3) is 65.7. The molecule has 0 rings (SSSR count). The smallest absolute Gasteiger partial charge is 0.306 e. The fourth-order valence-corrected chi connectivity index (χ4v) is 10.2. The van der Waals surface area contributed by atoms with Crippen LogP contribution in [0.2, 0.25) is 0 Å². The number of unbranched alkanes of at least 4 members (excludes halogenated alkanes) is 41. The molecule has 0 N–H and O–H groups in total. The minimum atomic E-state index is -0.782. The summed E-state index contributed by atoms with van der Waals surface area (Å²) in [6.45, 7) is 6.65. The molecule has 0 saturated carbocycles. The minimum absolute atomic E-state index is 0.0771. The van der Waals surface area contributed by atoms with E-state index in [4.69, 9.17) is 14.2 Å². The highest BCUT2D eigenvalue weighted by molar-refractivity contribution is 5.71. The van der Waals surface area contributed by atoms with Gasteiger partial charge >= 0.3 is 17.9 Å². The summed E-state index contributed by atoms with van der Waals surface area (Å²) < 4.78 is 17.0. The standard InChI is InChI=1S/C74H132O6/c1-4-7-10-13-16-19-22-25-27-29-31-33-34-35-36-37-38-39-40-42-43-45-47-49-52-55-58-61-64-67-73(76)79-70-71(69-78-72(75)66-63-60-57-54-51-24-21-18-15-12-9-6-3)80-74(77)68-65-62-59-56-53-50-48-46-44-41-32-30-28-26-23-20-17-14-11-8-5-2/h22-23,25-26,29-32,34-35,44,46,71H,4-21,24,27-28,33,36-43,45,47-70H2,1-3H3/b25-22-,26-23-,31-29-,32-30-,35-34-,46-44-. The van der Waals surface area contributed by atoms with E-state index in [1.807, 2.05) is 0 Å². The Kier molecular flexibility index (Phi) is 65.7. The maximum atomic E-state index is 12.9. The van der Waals surface area contributed by atoms with Gasteiger partial charge in [-0.1, -0.05) is 318 Å². The lowest BCUT2D eigenvalue weighted by atomic mass is 10.0. The molecule has 0 aromatic rings. The van der Waals surface area contributed by atoms with Crippen LogP contribution in [0.1, 0.15) is 361 Å². The normalized spacial score (nSPS) is 12.5. The summed E-state index contributed by atoms with van der Waals surface area (Å²) in [4.78, 5) is 38.4. The van der Waals surface area contributed by atoms with Crippen LogP contribution in [0.3, 0.4) is 0 Å². The van der Waals surface area contributed by atoms with Crippen LogP contribution in [0.15, 0.2) is 72.9 Å². The van der Waals surface area contributed by atoms with Gasteiger partial charge in [-0.25, -0.2) is 0 Å². The van der Waals surface area contributed by atoms with Crippen molar-refractivity contribution in [3.05, 3.63) is 72.9 Å². The second-order valence-corrected chi connectivity index (χ2v) is 23.4. The summed E-state index contributed by atoms with van der Waals surface area (Å²) in [5, 5.41) is 0. The van der Waals surface area contributed by atoms with E-state index >= 15 is 0 Å². The summed E-state index contributed by atoms with van der Waals surface area (Å²) >= 11 is 0. The molecule has 1 unspecified atom stereocenters. The van der Waals surface area contributed by atoms with Gasteiger partial charge < -0.3 is 14.2 Å². The van der Waals surface area contributed by atoms with Crippen LogP contribution in [0.5, 0.6) is 0 Å². The quantitative estimate of drug-likeness (QED) is 0.0261. The van der Waals surface area contributed by atoms with Gasteiger partial charge in [-0.05, 0) is 96.3 Å². The molecular weight excluding hydrogens is 985 g/mol. The molecule has 0 spiro atoms. The molecule has 1 atom stereocenters. The Balaban J connectivity index is 4.25. The van der Waals surface area contributed by atoms with Crippen LogP contribution < -0.4 is 0 Å². The van der Waals surface area contributed by atoms with Crippen molar-refractivity contribution in [2.24, 2.45) is 0 Å². The number of allylic oxidation sites excluding steroid dienone is 12. The largest absolute Gasteiger partial charge is 0.462 e. The van der Waals surface area contributed by atoms with Crippen molar-refractivity contribution in [3.63, 3.8) is 0 Å². The van der Waals surface area contributed by atoms with Crippen molar-refractivity contribution in [2.45, 2.75) is 367 Å². The molecule has 0 aliphatic rings. The third-order valence-corrected chi connectivity index (χ3v) is 15.4. The molecular formula is C74H132O6. The van der Waals surface area contributed by atoms with Gasteiger partial charge in [0.05, 0.1) is 0 Å². The summed E-state index contributed by atoms with van der Waals surface area (Å²) in [5.41, 5.74) is 0. The molecule has 0 fully saturated rings. The van der Waals surface area contributed by atoms with Crippen LogP contribution in [0.25, 0.3) is 0 Å². The highest BCUT2D eigenvalue weighted by Crippen LogP contribution is 2.17. The number of hydrogen-bond acceptors (Lipinski definition) is 6. The predicted molar refractivity (Wildman–Crippen MR) is 348 cm³/mol. The molecule has 0 heterocycles. The lowest BCUT2D eigenvalue weighted by Crippen LogP contribution is -2.30. The number of carbonyl (C=O) groups is 3. The van der Waals surface area contributed by atoms with E-state index in [0.717, 1.165) is 96.3 Å². The molecule has 0 bridgehead atoms. The van der Waals surface area contributed by atoms with Gasteiger partial charge in [-0.2, -0.15) is 0 Å². The van der Waals surface area contributed by atoms with Gasteiger partial charge in [0.1, 0.15) is 13.2 Å². The molecule has 6 nitrogen and oxygen atoms in total. The zero-order chi connectivity index (χ0) is 57.8. The maximum absolute atomic E-state index is 12.9. The first-order valence-electron chi connectivity index (χ1n) is 34.9. The van der Waals surface area contributed by atoms with Crippen LogP contribution in [-0.2, 0) is 28.6 Å². The van der Waals surface area contributed by atoms with Crippen LogP contribution >= 0.6 is 0 Å². The van der Waals surface area contributed by atoms with Gasteiger partial charge in [-0.3, -0.25) is 14.4 Å². The van der Waals surface area contributed by atoms with E-state index in [0.29, 0.717) is 19.3 Å². The molecule has 0 aliphatic carbocycles. The highest BCUT2D eigenvalue weighted by Gasteiger charge is 2.19. The molecule has 0 aromatic carbocycles. The number of esters is 3. The Morgan fingerprint density at radius 1 is 0.250 bits per heavy atom.